The summed E-state index contributed by atoms with van der Waals surface area (Å²) in [6, 6.07) is 0. The van der Waals surface area contributed by atoms with E-state index < -0.39 is 5.92 Å². The van der Waals surface area contributed by atoms with Crippen LogP contribution in [0.15, 0.2) is 0 Å². The zero-order valence-electron chi connectivity index (χ0n) is 7.26. The molecule has 0 aliphatic heterocycles. The lowest BCUT2D eigenvalue weighted by molar-refractivity contribution is -0.146. The molecule has 0 radical (unpaired) electrons. The Morgan fingerprint density at radius 1 is 1.55 bits per heavy atom. The number of hydrogen-bond acceptors (Lipinski definition) is 3. The Balaban J connectivity index is 3.60. The Labute approximate surface area is 67.3 Å². The van der Waals surface area contributed by atoms with Gasteiger partial charge >= 0.3 is 5.97 Å². The molecule has 0 saturated heterocycles. The van der Waals surface area contributed by atoms with Gasteiger partial charge in [-0.2, -0.15) is 0 Å². The van der Waals surface area contributed by atoms with Crippen molar-refractivity contribution in [2.24, 2.45) is 11.8 Å². The highest BCUT2D eigenvalue weighted by molar-refractivity contribution is 5.88. The average Bonchev–Trinajstić information content (AvgIpc) is 1.98. The lowest BCUT2D eigenvalue weighted by atomic mass is 10.2. The molecule has 0 bridgehead atoms. The Morgan fingerprint density at radius 2 is 2.09 bits per heavy atom. The maximum Gasteiger partial charge on any atom is 0.314 e. The number of esters is 1. The van der Waals surface area contributed by atoms with E-state index in [-0.39, 0.29) is 5.97 Å². The first-order valence-electron chi connectivity index (χ1n) is 3.75. The predicted molar refractivity (Wildman–Crippen MR) is 43.7 cm³/mol. The van der Waals surface area contributed by atoms with Crippen molar-refractivity contribution in [2.45, 2.75) is 20.8 Å². The van der Waals surface area contributed by atoms with Gasteiger partial charge in [-0.05, 0) is 12.8 Å². The SMILES string of the molecule is CC(C)COC(=O)[C@@H](C)C=N. The second-order valence-corrected chi connectivity index (χ2v) is 2.98. The number of nitrogens with one attached hydrogen (secondary N) is 1. The molecule has 0 saturated carbocycles. The summed E-state index contributed by atoms with van der Waals surface area (Å²) in [7, 11) is 0. The van der Waals surface area contributed by atoms with E-state index in [4.69, 9.17) is 10.1 Å². The van der Waals surface area contributed by atoms with Gasteiger partial charge in [0, 0.05) is 6.21 Å². The first-order valence-corrected chi connectivity index (χ1v) is 3.75. The molecule has 11 heavy (non-hydrogen) atoms. The van der Waals surface area contributed by atoms with Gasteiger partial charge in [-0.1, -0.05) is 13.8 Å². The van der Waals surface area contributed by atoms with Gasteiger partial charge in [0.1, 0.15) is 0 Å². The molecule has 0 unspecified atom stereocenters. The molecule has 0 aliphatic carbocycles. The maximum atomic E-state index is 10.9. The van der Waals surface area contributed by atoms with Crippen molar-refractivity contribution < 1.29 is 9.53 Å². The molecule has 0 rings (SSSR count). The summed E-state index contributed by atoms with van der Waals surface area (Å²) in [4.78, 5) is 10.9. The van der Waals surface area contributed by atoms with Crippen molar-refractivity contribution in [1.29, 1.82) is 5.41 Å². The Hall–Kier alpha value is -0.860. The number of carbonyl (C=O) groups excluding carboxylic acids is 1. The largest absolute Gasteiger partial charge is 0.465 e. The first-order chi connectivity index (χ1) is 5.07. The minimum Gasteiger partial charge on any atom is -0.465 e. The molecular formula is C8H15NO2. The van der Waals surface area contributed by atoms with Crippen LogP contribution in [0.25, 0.3) is 0 Å². The third-order valence-corrected chi connectivity index (χ3v) is 1.18. The fraction of sp³-hybridized carbons (Fsp3) is 0.750. The fourth-order valence-electron chi connectivity index (χ4n) is 0.448. The molecule has 1 N–H and O–H groups in total. The molecule has 0 heterocycles. The number of carbonyl (C=O) groups is 1. The topological polar surface area (TPSA) is 50.2 Å². The van der Waals surface area contributed by atoms with Gasteiger partial charge < -0.3 is 10.1 Å². The number of hydrogen-bond donors (Lipinski definition) is 1. The quantitative estimate of drug-likeness (QED) is 0.496. The van der Waals surface area contributed by atoms with E-state index in [2.05, 4.69) is 0 Å². The lowest BCUT2D eigenvalue weighted by Crippen LogP contribution is -2.17. The standard InChI is InChI=1S/C8H15NO2/c1-6(2)5-11-8(10)7(3)4-9/h4,6-7,9H,5H2,1-3H3/t7-/m0/s1. The Morgan fingerprint density at radius 3 is 2.45 bits per heavy atom. The van der Waals surface area contributed by atoms with E-state index >= 15 is 0 Å². The molecule has 1 atom stereocenters. The van der Waals surface area contributed by atoms with Crippen LogP contribution in [0.4, 0.5) is 0 Å². The second kappa shape index (κ2) is 4.88. The van der Waals surface area contributed by atoms with Gasteiger partial charge in [0.25, 0.3) is 0 Å². The molecule has 0 aromatic heterocycles. The van der Waals surface area contributed by atoms with Crippen LogP contribution in [-0.2, 0) is 9.53 Å². The highest BCUT2D eigenvalue weighted by Gasteiger charge is 2.10. The molecule has 0 aliphatic rings. The minimum absolute atomic E-state index is 0.311. The van der Waals surface area contributed by atoms with E-state index in [1.807, 2.05) is 13.8 Å². The van der Waals surface area contributed by atoms with E-state index in [0.717, 1.165) is 6.21 Å². The van der Waals surface area contributed by atoms with Crippen molar-refractivity contribution >= 4 is 12.2 Å². The summed E-state index contributed by atoms with van der Waals surface area (Å²) in [5.74, 6) is -0.362. The first kappa shape index (κ1) is 10.1. The summed E-state index contributed by atoms with van der Waals surface area (Å²) in [6.45, 7) is 6.04. The van der Waals surface area contributed by atoms with Gasteiger partial charge in [-0.15, -0.1) is 0 Å². The summed E-state index contributed by atoms with van der Waals surface area (Å²) < 4.78 is 4.87. The van der Waals surface area contributed by atoms with Crippen LogP contribution in [0.2, 0.25) is 0 Å². The van der Waals surface area contributed by atoms with E-state index in [0.29, 0.717) is 12.5 Å². The van der Waals surface area contributed by atoms with Crippen LogP contribution in [0, 0.1) is 17.2 Å². The monoisotopic (exact) mass is 157 g/mol. The zero-order valence-corrected chi connectivity index (χ0v) is 7.26. The number of ether oxygens (including phenoxy) is 1. The van der Waals surface area contributed by atoms with Crippen molar-refractivity contribution in [3.05, 3.63) is 0 Å². The Bertz CT molecular complexity index is 143. The fourth-order valence-corrected chi connectivity index (χ4v) is 0.448. The molecule has 0 aromatic carbocycles. The van der Waals surface area contributed by atoms with Gasteiger partial charge in [0.15, 0.2) is 0 Å². The van der Waals surface area contributed by atoms with Gasteiger partial charge in [0.2, 0.25) is 0 Å². The third kappa shape index (κ3) is 4.53. The van der Waals surface area contributed by atoms with Gasteiger partial charge in [-0.25, -0.2) is 0 Å². The summed E-state index contributed by atoms with van der Waals surface area (Å²) in [5.41, 5.74) is 0. The molecule has 3 nitrogen and oxygen atoms in total. The van der Waals surface area contributed by atoms with E-state index in [1.165, 1.54) is 0 Å². The van der Waals surface area contributed by atoms with Crippen LogP contribution < -0.4 is 0 Å². The minimum atomic E-state index is -0.409. The summed E-state index contributed by atoms with van der Waals surface area (Å²) in [5, 5.41) is 6.80. The number of rotatable bonds is 4. The summed E-state index contributed by atoms with van der Waals surface area (Å²) in [6.07, 6.45) is 1.09. The van der Waals surface area contributed by atoms with Crippen molar-refractivity contribution in [2.75, 3.05) is 6.61 Å². The third-order valence-electron chi connectivity index (χ3n) is 1.18. The molecule has 3 heteroatoms. The average molecular weight is 157 g/mol. The zero-order chi connectivity index (χ0) is 8.85. The van der Waals surface area contributed by atoms with Crippen LogP contribution in [-0.4, -0.2) is 18.8 Å². The van der Waals surface area contributed by atoms with Gasteiger partial charge in [0.05, 0.1) is 12.5 Å². The van der Waals surface area contributed by atoms with Crippen LogP contribution >= 0.6 is 0 Å². The van der Waals surface area contributed by atoms with Crippen LogP contribution in [0.5, 0.6) is 0 Å². The molecule has 0 aromatic rings. The lowest BCUT2D eigenvalue weighted by Gasteiger charge is -2.08. The molecular weight excluding hydrogens is 142 g/mol. The molecule has 64 valence electrons. The molecule has 0 spiro atoms. The molecule has 0 fully saturated rings. The van der Waals surface area contributed by atoms with E-state index in [9.17, 15) is 4.79 Å². The van der Waals surface area contributed by atoms with Crippen LogP contribution in [0.1, 0.15) is 20.8 Å². The maximum absolute atomic E-state index is 10.9. The van der Waals surface area contributed by atoms with Crippen molar-refractivity contribution in [1.82, 2.24) is 0 Å². The van der Waals surface area contributed by atoms with Crippen molar-refractivity contribution in [3.63, 3.8) is 0 Å². The second-order valence-electron chi connectivity index (χ2n) is 2.98. The van der Waals surface area contributed by atoms with Crippen LogP contribution in [0.3, 0.4) is 0 Å². The van der Waals surface area contributed by atoms with E-state index in [1.54, 1.807) is 6.92 Å². The summed E-state index contributed by atoms with van der Waals surface area (Å²) >= 11 is 0. The Kier molecular flexibility index (Phi) is 4.50. The molecule has 0 amide bonds. The normalized spacial score (nSPS) is 12.7. The highest BCUT2D eigenvalue weighted by Crippen LogP contribution is 1.98. The highest BCUT2D eigenvalue weighted by atomic mass is 16.5. The smallest absolute Gasteiger partial charge is 0.314 e. The van der Waals surface area contributed by atoms with Crippen molar-refractivity contribution in [3.8, 4) is 0 Å². The van der Waals surface area contributed by atoms with Gasteiger partial charge in [-0.3, -0.25) is 4.79 Å². The predicted octanol–water partition coefficient (Wildman–Crippen LogP) is 1.47.